The lowest BCUT2D eigenvalue weighted by molar-refractivity contribution is 0.584. The van der Waals surface area contributed by atoms with E-state index >= 15 is 0 Å². The summed E-state index contributed by atoms with van der Waals surface area (Å²) >= 11 is 0. The normalized spacial score (nSPS) is 11.6. The summed E-state index contributed by atoms with van der Waals surface area (Å²) in [5, 5.41) is 8.84. The summed E-state index contributed by atoms with van der Waals surface area (Å²) in [4.78, 5) is 2.46. The number of hydrazone groups is 1. The van der Waals surface area contributed by atoms with E-state index in [4.69, 9.17) is 5.10 Å². The fourth-order valence-electron chi connectivity index (χ4n) is 3.81. The van der Waals surface area contributed by atoms with Crippen molar-refractivity contribution >= 4 is 16.2 Å². The molecule has 0 aliphatic heterocycles. The molecule has 0 atom stereocenters. The van der Waals surface area contributed by atoms with Crippen LogP contribution >= 0.6 is 0 Å². The molecule has 0 aliphatic rings. The van der Waals surface area contributed by atoms with E-state index in [1.807, 2.05) is 85.9 Å². The van der Waals surface area contributed by atoms with Crippen molar-refractivity contribution in [1.29, 1.82) is 0 Å². The molecular formula is C29H24N4O2S. The molecule has 0 bridgehead atoms. The monoisotopic (exact) mass is 492 g/mol. The molecule has 1 heterocycles. The molecule has 0 radical (unpaired) electrons. The number of aromatic nitrogens is 2. The van der Waals surface area contributed by atoms with Crippen LogP contribution in [0.4, 0.5) is 0 Å². The van der Waals surface area contributed by atoms with E-state index in [1.165, 1.54) is 6.21 Å². The molecule has 5 aromatic rings. The zero-order valence-electron chi connectivity index (χ0n) is 19.6. The minimum Gasteiger partial charge on any atom is -0.240 e. The highest BCUT2D eigenvalue weighted by atomic mass is 32.2. The Bertz CT molecular complexity index is 1590. The second-order valence-corrected chi connectivity index (χ2v) is 9.98. The Labute approximate surface area is 210 Å². The van der Waals surface area contributed by atoms with Crippen LogP contribution in [-0.2, 0) is 10.0 Å². The molecule has 1 aromatic heterocycles. The molecule has 7 heteroatoms. The summed E-state index contributed by atoms with van der Waals surface area (Å²) in [7, 11) is -3.78. The van der Waals surface area contributed by atoms with Crippen LogP contribution in [0.5, 0.6) is 0 Å². The lowest BCUT2D eigenvalue weighted by Crippen LogP contribution is -2.18. The van der Waals surface area contributed by atoms with Gasteiger partial charge in [-0.05, 0) is 42.3 Å². The summed E-state index contributed by atoms with van der Waals surface area (Å²) in [6.07, 6.45) is 3.32. The molecule has 178 valence electrons. The summed E-state index contributed by atoms with van der Waals surface area (Å²) in [6, 6.07) is 34.6. The first-order chi connectivity index (χ1) is 17.5. The van der Waals surface area contributed by atoms with Crippen LogP contribution in [-0.4, -0.2) is 24.4 Å². The van der Waals surface area contributed by atoms with Gasteiger partial charge in [-0.3, -0.25) is 0 Å². The molecule has 0 aliphatic carbocycles. The Morgan fingerprint density at radius 3 is 2.00 bits per heavy atom. The third kappa shape index (κ3) is 5.11. The lowest BCUT2D eigenvalue weighted by atomic mass is 10.0. The topological polar surface area (TPSA) is 76.3 Å². The molecule has 0 saturated heterocycles. The van der Waals surface area contributed by atoms with Crippen molar-refractivity contribution in [3.8, 4) is 28.1 Å². The van der Waals surface area contributed by atoms with Gasteiger partial charge in [-0.15, -0.1) is 0 Å². The Morgan fingerprint density at radius 1 is 0.750 bits per heavy atom. The van der Waals surface area contributed by atoms with Gasteiger partial charge < -0.3 is 0 Å². The van der Waals surface area contributed by atoms with Gasteiger partial charge in [0.1, 0.15) is 5.69 Å². The van der Waals surface area contributed by atoms with Crippen LogP contribution < -0.4 is 4.83 Å². The third-order valence-electron chi connectivity index (χ3n) is 5.74. The molecular weight excluding hydrogens is 468 g/mol. The van der Waals surface area contributed by atoms with E-state index in [-0.39, 0.29) is 4.90 Å². The SMILES string of the molecule is Cc1ccc(S(=O)(=O)N/N=C\c2cn(-c3ccccc3)nc2-c2ccc(-c3ccccc3)cc2)cc1. The molecule has 4 aromatic carbocycles. The zero-order chi connectivity index (χ0) is 25.0. The standard InChI is InChI=1S/C29H24N4O2S/c1-22-12-18-28(19-13-22)36(34,35)32-30-20-26-21-33(27-10-6-3-7-11-27)31-29(26)25-16-14-24(15-17-25)23-8-4-2-5-9-23/h2-21,32H,1H3/b30-20-. The van der Waals surface area contributed by atoms with Gasteiger partial charge in [0.25, 0.3) is 10.0 Å². The maximum absolute atomic E-state index is 12.6. The average Bonchev–Trinajstić information content (AvgIpc) is 3.34. The Hall–Kier alpha value is -4.49. The molecule has 1 N–H and O–H groups in total. The highest BCUT2D eigenvalue weighted by Gasteiger charge is 2.14. The number of hydrogen-bond donors (Lipinski definition) is 1. The fourth-order valence-corrected chi connectivity index (χ4v) is 4.60. The number of benzene rings is 4. The van der Waals surface area contributed by atoms with Gasteiger partial charge in [-0.25, -0.2) is 9.51 Å². The van der Waals surface area contributed by atoms with E-state index in [0.717, 1.165) is 27.9 Å². The molecule has 0 fully saturated rings. The van der Waals surface area contributed by atoms with Crippen molar-refractivity contribution in [2.75, 3.05) is 0 Å². The van der Waals surface area contributed by atoms with Crippen LogP contribution in [0.1, 0.15) is 11.1 Å². The zero-order valence-corrected chi connectivity index (χ0v) is 20.4. The number of sulfonamides is 1. The first-order valence-electron chi connectivity index (χ1n) is 11.4. The smallest absolute Gasteiger partial charge is 0.240 e. The van der Waals surface area contributed by atoms with Crippen molar-refractivity contribution in [3.63, 3.8) is 0 Å². The number of nitrogens with zero attached hydrogens (tertiary/aromatic N) is 3. The molecule has 0 saturated carbocycles. The summed E-state index contributed by atoms with van der Waals surface area (Å²) in [5.74, 6) is 0. The van der Waals surface area contributed by atoms with Gasteiger partial charge in [0, 0.05) is 17.3 Å². The molecule has 0 unspecified atom stereocenters. The Morgan fingerprint density at radius 2 is 1.33 bits per heavy atom. The van der Waals surface area contributed by atoms with Crippen LogP contribution in [0.2, 0.25) is 0 Å². The number of nitrogens with one attached hydrogen (secondary N) is 1. The van der Waals surface area contributed by atoms with E-state index < -0.39 is 10.0 Å². The average molecular weight is 493 g/mol. The minimum atomic E-state index is -3.78. The summed E-state index contributed by atoms with van der Waals surface area (Å²) in [6.45, 7) is 1.90. The van der Waals surface area contributed by atoms with Crippen LogP contribution in [0.25, 0.3) is 28.1 Å². The summed E-state index contributed by atoms with van der Waals surface area (Å²) < 4.78 is 27.0. The number of hydrogen-bond acceptors (Lipinski definition) is 4. The van der Waals surface area contributed by atoms with E-state index in [1.54, 1.807) is 28.9 Å². The van der Waals surface area contributed by atoms with Crippen LogP contribution in [0.3, 0.4) is 0 Å². The fraction of sp³-hybridized carbons (Fsp3) is 0.0345. The van der Waals surface area contributed by atoms with Gasteiger partial charge in [-0.1, -0.05) is 90.5 Å². The van der Waals surface area contributed by atoms with E-state index in [2.05, 4.69) is 22.1 Å². The van der Waals surface area contributed by atoms with Gasteiger partial charge in [0.15, 0.2) is 0 Å². The van der Waals surface area contributed by atoms with E-state index in [0.29, 0.717) is 11.3 Å². The first-order valence-corrected chi connectivity index (χ1v) is 12.9. The lowest BCUT2D eigenvalue weighted by Gasteiger charge is -2.05. The van der Waals surface area contributed by atoms with Crippen molar-refractivity contribution < 1.29 is 8.42 Å². The van der Waals surface area contributed by atoms with Gasteiger partial charge in [-0.2, -0.15) is 18.6 Å². The second-order valence-electron chi connectivity index (χ2n) is 8.32. The molecule has 36 heavy (non-hydrogen) atoms. The van der Waals surface area contributed by atoms with Crippen LogP contribution in [0, 0.1) is 6.92 Å². The molecule has 5 rings (SSSR count). The van der Waals surface area contributed by atoms with Gasteiger partial charge in [0.05, 0.1) is 16.8 Å². The van der Waals surface area contributed by atoms with Gasteiger partial charge >= 0.3 is 0 Å². The van der Waals surface area contributed by atoms with Crippen molar-refractivity contribution in [2.45, 2.75) is 11.8 Å². The number of para-hydroxylation sites is 1. The van der Waals surface area contributed by atoms with E-state index in [9.17, 15) is 8.42 Å². The Balaban J connectivity index is 1.47. The quantitative estimate of drug-likeness (QED) is 0.229. The number of rotatable bonds is 7. The highest BCUT2D eigenvalue weighted by Crippen LogP contribution is 2.26. The number of aryl methyl sites for hydroxylation is 1. The maximum Gasteiger partial charge on any atom is 0.276 e. The predicted octanol–water partition coefficient (Wildman–Crippen LogP) is 5.83. The first kappa shape index (κ1) is 23.3. The van der Waals surface area contributed by atoms with Crippen molar-refractivity contribution in [3.05, 3.63) is 127 Å². The molecule has 0 spiro atoms. The van der Waals surface area contributed by atoms with Crippen LogP contribution in [0.15, 0.2) is 125 Å². The van der Waals surface area contributed by atoms with Gasteiger partial charge in [0.2, 0.25) is 0 Å². The second kappa shape index (κ2) is 10.0. The summed E-state index contributed by atoms with van der Waals surface area (Å²) in [5.41, 5.74) is 6.36. The predicted molar refractivity (Wildman–Crippen MR) is 144 cm³/mol. The third-order valence-corrected chi connectivity index (χ3v) is 6.98. The van der Waals surface area contributed by atoms with Crippen molar-refractivity contribution in [1.82, 2.24) is 14.6 Å². The maximum atomic E-state index is 12.6. The molecule has 0 amide bonds. The molecule has 6 nitrogen and oxygen atoms in total. The largest absolute Gasteiger partial charge is 0.276 e. The Kier molecular flexibility index (Phi) is 6.47. The minimum absolute atomic E-state index is 0.155. The highest BCUT2D eigenvalue weighted by molar-refractivity contribution is 7.89. The van der Waals surface area contributed by atoms with Crippen molar-refractivity contribution in [2.24, 2.45) is 5.10 Å².